The zero-order valence-corrected chi connectivity index (χ0v) is 17.4. The molecule has 0 aliphatic carbocycles. The predicted molar refractivity (Wildman–Crippen MR) is 114 cm³/mol. The second-order valence-corrected chi connectivity index (χ2v) is 7.57. The Morgan fingerprint density at radius 3 is 2.66 bits per heavy atom. The van der Waals surface area contributed by atoms with Gasteiger partial charge in [-0.2, -0.15) is 5.10 Å². The summed E-state index contributed by atoms with van der Waals surface area (Å²) in [5.41, 5.74) is 5.06. The van der Waals surface area contributed by atoms with Gasteiger partial charge in [-0.25, -0.2) is 4.98 Å². The first-order chi connectivity index (χ1) is 14.0. The zero-order chi connectivity index (χ0) is 20.6. The molecular formula is C20H25N5O3S. The summed E-state index contributed by atoms with van der Waals surface area (Å²) in [6.07, 6.45) is 1.81. The van der Waals surface area contributed by atoms with Crippen LogP contribution in [0.3, 0.4) is 0 Å². The number of amides is 1. The van der Waals surface area contributed by atoms with Crippen LogP contribution < -0.4 is 5.43 Å². The molecule has 29 heavy (non-hydrogen) atoms. The minimum absolute atomic E-state index is 0.0663. The number of carbonyl (C=O) groups is 2. The van der Waals surface area contributed by atoms with Gasteiger partial charge >= 0.3 is 5.97 Å². The fraction of sp³-hybridized carbons (Fsp3) is 0.400. The van der Waals surface area contributed by atoms with Crippen molar-refractivity contribution in [3.63, 3.8) is 0 Å². The number of likely N-dealkylation sites (N-methyl/N-ethyl adjacent to an activating group) is 1. The average molecular weight is 416 g/mol. The van der Waals surface area contributed by atoms with Crippen LogP contribution in [0, 0.1) is 0 Å². The second-order valence-electron chi connectivity index (χ2n) is 6.71. The number of nitrogens with zero attached hydrogens (tertiary/aromatic N) is 4. The zero-order valence-electron chi connectivity index (χ0n) is 16.6. The quantitative estimate of drug-likeness (QED) is 0.423. The Morgan fingerprint density at radius 2 is 1.97 bits per heavy atom. The van der Waals surface area contributed by atoms with Gasteiger partial charge in [0.15, 0.2) is 0 Å². The molecular weight excluding hydrogens is 390 g/mol. The van der Waals surface area contributed by atoms with Gasteiger partial charge in [-0.05, 0) is 31.7 Å². The minimum Gasteiger partial charge on any atom is -0.466 e. The monoisotopic (exact) mass is 415 g/mol. The van der Waals surface area contributed by atoms with Crippen LogP contribution in [-0.2, 0) is 16.0 Å². The van der Waals surface area contributed by atoms with Crippen LogP contribution in [-0.4, -0.2) is 72.7 Å². The molecule has 1 aliphatic heterocycles. The summed E-state index contributed by atoms with van der Waals surface area (Å²) >= 11 is 1.37. The molecule has 154 valence electrons. The van der Waals surface area contributed by atoms with E-state index < -0.39 is 0 Å². The molecule has 1 aromatic carbocycles. The van der Waals surface area contributed by atoms with Crippen LogP contribution in [0.5, 0.6) is 0 Å². The number of aromatic nitrogens is 1. The summed E-state index contributed by atoms with van der Waals surface area (Å²) in [7, 11) is 2.07. The van der Waals surface area contributed by atoms with Crippen molar-refractivity contribution in [2.45, 2.75) is 13.3 Å². The number of rotatable bonds is 7. The first-order valence-electron chi connectivity index (χ1n) is 9.52. The molecule has 8 nitrogen and oxygen atoms in total. The van der Waals surface area contributed by atoms with Gasteiger partial charge in [-0.1, -0.05) is 12.1 Å². The maximum atomic E-state index is 12.6. The molecule has 0 radical (unpaired) electrons. The molecule has 1 saturated heterocycles. The average Bonchev–Trinajstić information content (AvgIpc) is 3.16. The van der Waals surface area contributed by atoms with Gasteiger partial charge < -0.3 is 14.5 Å². The molecule has 0 saturated carbocycles. The van der Waals surface area contributed by atoms with Gasteiger partial charge in [-0.15, -0.1) is 11.3 Å². The lowest BCUT2D eigenvalue weighted by Gasteiger charge is -2.32. The molecule has 1 amide bonds. The van der Waals surface area contributed by atoms with Gasteiger partial charge in [0, 0.05) is 37.1 Å². The number of thiazole rings is 1. The van der Waals surface area contributed by atoms with Crippen molar-refractivity contribution in [1.82, 2.24) is 14.8 Å². The number of hydrazone groups is 1. The number of carbonyl (C=O) groups excluding carboxylic acids is 2. The second kappa shape index (κ2) is 10.1. The van der Waals surface area contributed by atoms with Gasteiger partial charge in [0.2, 0.25) is 5.13 Å². The Hall–Kier alpha value is -2.78. The molecule has 0 unspecified atom stereocenters. The van der Waals surface area contributed by atoms with Crippen molar-refractivity contribution in [2.24, 2.45) is 5.10 Å². The molecule has 1 N–H and O–H groups in total. The van der Waals surface area contributed by atoms with E-state index in [2.05, 4.69) is 27.5 Å². The molecule has 3 rings (SSSR count). The largest absolute Gasteiger partial charge is 0.466 e. The summed E-state index contributed by atoms with van der Waals surface area (Å²) in [6.45, 7) is 5.46. The Bertz CT molecular complexity index is 857. The first-order valence-corrected chi connectivity index (χ1v) is 10.4. The molecule has 1 aliphatic rings. The summed E-state index contributed by atoms with van der Waals surface area (Å²) in [6, 6.07) is 7.37. The smallest absolute Gasteiger partial charge is 0.311 e. The van der Waals surface area contributed by atoms with Gasteiger partial charge in [-0.3, -0.25) is 15.0 Å². The lowest BCUT2D eigenvalue weighted by Crippen LogP contribution is -2.47. The lowest BCUT2D eigenvalue weighted by molar-refractivity contribution is -0.142. The van der Waals surface area contributed by atoms with Crippen molar-refractivity contribution in [3.8, 4) is 0 Å². The van der Waals surface area contributed by atoms with Gasteiger partial charge in [0.25, 0.3) is 5.91 Å². The molecule has 0 atom stereocenters. The van der Waals surface area contributed by atoms with E-state index in [1.165, 1.54) is 11.3 Å². The van der Waals surface area contributed by atoms with Crippen molar-refractivity contribution in [1.29, 1.82) is 0 Å². The molecule has 2 aromatic rings. The lowest BCUT2D eigenvalue weighted by atomic mass is 10.1. The Labute approximate surface area is 174 Å². The van der Waals surface area contributed by atoms with E-state index in [1.807, 2.05) is 29.2 Å². The Kier molecular flexibility index (Phi) is 7.31. The van der Waals surface area contributed by atoms with Gasteiger partial charge in [0.1, 0.15) is 0 Å². The fourth-order valence-electron chi connectivity index (χ4n) is 2.87. The first kappa shape index (κ1) is 20.9. The highest BCUT2D eigenvalue weighted by Gasteiger charge is 2.20. The standard InChI is InChI=1S/C20H25N5O3S/c1-3-28-18(26)12-17-14-29-20(22-17)23-21-13-15-4-6-16(7-5-15)19(27)25-10-8-24(2)9-11-25/h4-7,13-14H,3,8-12H2,1-2H3,(H,22,23). The van der Waals surface area contributed by atoms with E-state index >= 15 is 0 Å². The number of benzene rings is 1. The Balaban J connectivity index is 1.51. The molecule has 9 heteroatoms. The molecule has 0 spiro atoms. The SMILES string of the molecule is CCOC(=O)Cc1csc(NN=Cc2ccc(C(=O)N3CCN(C)CC3)cc2)n1. The highest BCUT2D eigenvalue weighted by atomic mass is 32.1. The summed E-state index contributed by atoms with van der Waals surface area (Å²) in [4.78, 5) is 32.4. The van der Waals surface area contributed by atoms with Crippen LogP contribution in [0.4, 0.5) is 5.13 Å². The van der Waals surface area contributed by atoms with E-state index in [0.717, 1.165) is 31.7 Å². The van der Waals surface area contributed by atoms with Crippen molar-refractivity contribution in [2.75, 3.05) is 45.3 Å². The maximum Gasteiger partial charge on any atom is 0.311 e. The molecule has 1 fully saturated rings. The Morgan fingerprint density at radius 1 is 1.24 bits per heavy atom. The van der Waals surface area contributed by atoms with Gasteiger partial charge in [0.05, 0.1) is 24.9 Å². The van der Waals surface area contributed by atoms with E-state index in [1.54, 1.807) is 18.5 Å². The maximum absolute atomic E-state index is 12.6. The number of esters is 1. The van der Waals surface area contributed by atoms with Crippen molar-refractivity contribution >= 4 is 34.6 Å². The number of piperazine rings is 1. The highest BCUT2D eigenvalue weighted by Crippen LogP contribution is 2.16. The number of ether oxygens (including phenoxy) is 1. The third-order valence-electron chi connectivity index (χ3n) is 4.50. The van der Waals surface area contributed by atoms with E-state index in [0.29, 0.717) is 23.0 Å². The molecule has 2 heterocycles. The summed E-state index contributed by atoms with van der Waals surface area (Å²) in [5, 5.41) is 6.57. The third kappa shape index (κ3) is 6.10. The van der Waals surface area contributed by atoms with Crippen molar-refractivity contribution in [3.05, 3.63) is 46.5 Å². The summed E-state index contributed by atoms with van der Waals surface area (Å²) < 4.78 is 4.91. The van der Waals surface area contributed by atoms with E-state index in [4.69, 9.17) is 4.74 Å². The van der Waals surface area contributed by atoms with Crippen LogP contribution in [0.1, 0.15) is 28.5 Å². The fourth-order valence-corrected chi connectivity index (χ4v) is 3.52. The van der Waals surface area contributed by atoms with Crippen molar-refractivity contribution < 1.29 is 14.3 Å². The van der Waals surface area contributed by atoms with Crippen LogP contribution in [0.25, 0.3) is 0 Å². The molecule has 1 aromatic heterocycles. The number of hydrogen-bond donors (Lipinski definition) is 1. The third-order valence-corrected chi connectivity index (χ3v) is 5.30. The van der Waals surface area contributed by atoms with E-state index in [9.17, 15) is 9.59 Å². The predicted octanol–water partition coefficient (Wildman–Crippen LogP) is 2.08. The molecule has 0 bridgehead atoms. The van der Waals surface area contributed by atoms with E-state index in [-0.39, 0.29) is 18.3 Å². The number of anilines is 1. The van der Waals surface area contributed by atoms with Crippen LogP contribution in [0.2, 0.25) is 0 Å². The number of hydrogen-bond acceptors (Lipinski definition) is 8. The van der Waals surface area contributed by atoms with Crippen LogP contribution >= 0.6 is 11.3 Å². The topological polar surface area (TPSA) is 87.1 Å². The minimum atomic E-state index is -0.293. The van der Waals surface area contributed by atoms with Crippen LogP contribution in [0.15, 0.2) is 34.7 Å². The normalized spacial score (nSPS) is 14.9. The summed E-state index contributed by atoms with van der Waals surface area (Å²) in [5.74, 6) is -0.226. The highest BCUT2D eigenvalue weighted by molar-refractivity contribution is 7.13. The number of nitrogens with one attached hydrogen (secondary N) is 1.